The Morgan fingerprint density at radius 1 is 1.40 bits per heavy atom. The summed E-state index contributed by atoms with van der Waals surface area (Å²) in [5.74, 6) is 0. The summed E-state index contributed by atoms with van der Waals surface area (Å²) in [5.41, 5.74) is 1.08. The van der Waals surface area contributed by atoms with Crippen LogP contribution in [0.1, 0.15) is 5.56 Å². The number of nitrogens with one attached hydrogen (secondary N) is 1. The number of nitrogens with zero attached hydrogens (tertiary/aromatic N) is 1. The first-order chi connectivity index (χ1) is 7.25. The van der Waals surface area contributed by atoms with Crippen molar-refractivity contribution in [1.82, 2.24) is 10.2 Å². The van der Waals surface area contributed by atoms with Crippen molar-refractivity contribution in [1.29, 1.82) is 0 Å². The second-order valence-corrected chi connectivity index (χ2v) is 3.70. The van der Waals surface area contributed by atoms with E-state index in [1.54, 1.807) is 4.90 Å². The van der Waals surface area contributed by atoms with Crippen molar-refractivity contribution in [2.45, 2.75) is 12.6 Å². The molecule has 4 nitrogen and oxygen atoms in total. The van der Waals surface area contributed by atoms with E-state index in [0.29, 0.717) is 19.6 Å². The van der Waals surface area contributed by atoms with Crippen LogP contribution in [0.15, 0.2) is 30.3 Å². The lowest BCUT2D eigenvalue weighted by Gasteiger charge is -2.35. The van der Waals surface area contributed by atoms with Gasteiger partial charge in [0.1, 0.15) is 0 Å². The summed E-state index contributed by atoms with van der Waals surface area (Å²) in [6, 6.07) is 9.64. The molecule has 0 spiro atoms. The molecule has 0 aromatic heterocycles. The molecule has 4 heteroatoms. The number of hydrogen-bond acceptors (Lipinski definition) is 2. The fourth-order valence-electron chi connectivity index (χ4n) is 1.51. The van der Waals surface area contributed by atoms with E-state index in [1.807, 2.05) is 30.3 Å². The number of carbonyl (C=O) groups excluding carboxylic acids is 1. The first-order valence-electron chi connectivity index (χ1n) is 5.00. The number of aliphatic hydroxyl groups is 1. The number of β-amino-alcohol motifs (C(OH)–C–C–N with tert-alkyl or cyclic N) is 1. The zero-order valence-electron chi connectivity index (χ0n) is 8.39. The second kappa shape index (κ2) is 4.31. The Labute approximate surface area is 88.5 Å². The molecule has 1 saturated heterocycles. The van der Waals surface area contributed by atoms with Gasteiger partial charge in [-0.1, -0.05) is 30.3 Å². The van der Waals surface area contributed by atoms with Crippen molar-refractivity contribution in [3.63, 3.8) is 0 Å². The third kappa shape index (κ3) is 2.47. The number of rotatable bonds is 2. The Kier molecular flexibility index (Phi) is 2.87. The molecule has 1 aromatic rings. The van der Waals surface area contributed by atoms with Gasteiger partial charge >= 0.3 is 6.03 Å². The van der Waals surface area contributed by atoms with E-state index < -0.39 is 0 Å². The van der Waals surface area contributed by atoms with Crippen molar-refractivity contribution in [3.05, 3.63) is 35.9 Å². The molecule has 0 unspecified atom stereocenters. The van der Waals surface area contributed by atoms with Gasteiger partial charge in [0.05, 0.1) is 19.2 Å². The minimum absolute atomic E-state index is 0.107. The van der Waals surface area contributed by atoms with Crippen LogP contribution in [0.4, 0.5) is 4.79 Å². The van der Waals surface area contributed by atoms with Crippen molar-refractivity contribution >= 4 is 6.03 Å². The standard InChI is InChI=1S/C11H14N2O2/c14-10-7-13(8-10)11(15)12-6-9-4-2-1-3-5-9/h1-5,10,14H,6-8H2,(H,12,15). The number of urea groups is 1. The predicted molar refractivity (Wildman–Crippen MR) is 56.3 cm³/mol. The third-order valence-electron chi connectivity index (χ3n) is 2.44. The molecule has 0 aliphatic carbocycles. The van der Waals surface area contributed by atoms with Crippen molar-refractivity contribution in [3.8, 4) is 0 Å². The Hall–Kier alpha value is -1.55. The Morgan fingerprint density at radius 3 is 2.67 bits per heavy atom. The molecule has 2 rings (SSSR count). The van der Waals surface area contributed by atoms with E-state index in [1.165, 1.54) is 0 Å². The van der Waals surface area contributed by atoms with E-state index in [2.05, 4.69) is 5.32 Å². The maximum atomic E-state index is 11.4. The van der Waals surface area contributed by atoms with Crippen LogP contribution in [-0.2, 0) is 6.54 Å². The summed E-state index contributed by atoms with van der Waals surface area (Å²) >= 11 is 0. The maximum absolute atomic E-state index is 11.4. The van der Waals surface area contributed by atoms with Crippen LogP contribution in [0, 0.1) is 0 Å². The number of likely N-dealkylation sites (tertiary alicyclic amines) is 1. The van der Waals surface area contributed by atoms with Crippen LogP contribution in [0.25, 0.3) is 0 Å². The van der Waals surface area contributed by atoms with Crippen LogP contribution in [-0.4, -0.2) is 35.2 Å². The fraction of sp³-hybridized carbons (Fsp3) is 0.364. The Bertz CT molecular complexity index is 334. The lowest BCUT2D eigenvalue weighted by atomic mass is 10.2. The van der Waals surface area contributed by atoms with E-state index in [9.17, 15) is 4.79 Å². The molecule has 15 heavy (non-hydrogen) atoms. The summed E-state index contributed by atoms with van der Waals surface area (Å²) < 4.78 is 0. The van der Waals surface area contributed by atoms with E-state index in [-0.39, 0.29) is 12.1 Å². The van der Waals surface area contributed by atoms with Crippen LogP contribution in [0.5, 0.6) is 0 Å². The minimum Gasteiger partial charge on any atom is -0.389 e. The van der Waals surface area contributed by atoms with Gasteiger partial charge in [-0.25, -0.2) is 4.79 Å². The molecule has 2 N–H and O–H groups in total. The summed E-state index contributed by atoms with van der Waals surface area (Å²) in [6.45, 7) is 1.42. The van der Waals surface area contributed by atoms with Gasteiger partial charge in [-0.2, -0.15) is 0 Å². The lowest BCUT2D eigenvalue weighted by Crippen LogP contribution is -2.56. The number of aliphatic hydroxyl groups excluding tert-OH is 1. The second-order valence-electron chi connectivity index (χ2n) is 3.70. The van der Waals surface area contributed by atoms with E-state index >= 15 is 0 Å². The fourth-order valence-corrected chi connectivity index (χ4v) is 1.51. The quantitative estimate of drug-likeness (QED) is 0.743. The first kappa shape index (κ1) is 9.98. The lowest BCUT2D eigenvalue weighted by molar-refractivity contribution is 0.0265. The molecule has 0 atom stereocenters. The van der Waals surface area contributed by atoms with Gasteiger partial charge in [0.15, 0.2) is 0 Å². The molecule has 1 aromatic carbocycles. The molecule has 1 aliphatic rings. The van der Waals surface area contributed by atoms with Gasteiger partial charge in [0.25, 0.3) is 0 Å². The highest BCUT2D eigenvalue weighted by atomic mass is 16.3. The zero-order chi connectivity index (χ0) is 10.7. The van der Waals surface area contributed by atoms with Gasteiger partial charge in [0.2, 0.25) is 0 Å². The summed E-state index contributed by atoms with van der Waals surface area (Å²) in [5, 5.41) is 11.8. The number of carbonyl (C=O) groups is 1. The highest BCUT2D eigenvalue weighted by Gasteiger charge is 2.28. The predicted octanol–water partition coefficient (Wildman–Crippen LogP) is 0.573. The molecule has 1 fully saturated rings. The minimum atomic E-state index is -0.340. The molecule has 1 heterocycles. The SMILES string of the molecule is O=C(NCc1ccccc1)N1CC(O)C1. The average Bonchev–Trinajstić information content (AvgIpc) is 2.23. The Morgan fingerprint density at radius 2 is 2.07 bits per heavy atom. The topological polar surface area (TPSA) is 52.6 Å². The normalized spacial score (nSPS) is 15.9. The van der Waals surface area contributed by atoms with Gasteiger partial charge in [-0.3, -0.25) is 0 Å². The monoisotopic (exact) mass is 206 g/mol. The number of hydrogen-bond donors (Lipinski definition) is 2. The van der Waals surface area contributed by atoms with E-state index in [0.717, 1.165) is 5.56 Å². The average molecular weight is 206 g/mol. The molecule has 1 aliphatic heterocycles. The van der Waals surface area contributed by atoms with E-state index in [4.69, 9.17) is 5.11 Å². The van der Waals surface area contributed by atoms with Crippen molar-refractivity contribution in [2.24, 2.45) is 0 Å². The van der Waals surface area contributed by atoms with Crippen molar-refractivity contribution < 1.29 is 9.90 Å². The van der Waals surface area contributed by atoms with Crippen LogP contribution < -0.4 is 5.32 Å². The van der Waals surface area contributed by atoms with Gasteiger partial charge in [-0.15, -0.1) is 0 Å². The molecule has 0 radical (unpaired) electrons. The summed E-state index contributed by atoms with van der Waals surface area (Å²) in [6.07, 6.45) is -0.340. The van der Waals surface area contributed by atoms with Crippen LogP contribution in [0.2, 0.25) is 0 Å². The smallest absolute Gasteiger partial charge is 0.317 e. The molecular weight excluding hydrogens is 192 g/mol. The molecule has 80 valence electrons. The largest absolute Gasteiger partial charge is 0.389 e. The molecule has 0 saturated carbocycles. The number of amides is 2. The van der Waals surface area contributed by atoms with Crippen molar-refractivity contribution in [2.75, 3.05) is 13.1 Å². The zero-order valence-corrected chi connectivity index (χ0v) is 8.39. The summed E-state index contributed by atoms with van der Waals surface area (Å²) in [7, 11) is 0. The maximum Gasteiger partial charge on any atom is 0.317 e. The van der Waals surface area contributed by atoms with Gasteiger partial charge in [-0.05, 0) is 5.56 Å². The third-order valence-corrected chi connectivity index (χ3v) is 2.44. The van der Waals surface area contributed by atoms with Crippen LogP contribution >= 0.6 is 0 Å². The highest BCUT2D eigenvalue weighted by Crippen LogP contribution is 2.07. The Balaban J connectivity index is 1.76. The summed E-state index contributed by atoms with van der Waals surface area (Å²) in [4.78, 5) is 13.0. The highest BCUT2D eigenvalue weighted by molar-refractivity contribution is 5.75. The molecule has 2 amide bonds. The van der Waals surface area contributed by atoms with Gasteiger partial charge < -0.3 is 15.3 Å². The van der Waals surface area contributed by atoms with Gasteiger partial charge in [0, 0.05) is 6.54 Å². The van der Waals surface area contributed by atoms with Crippen LogP contribution in [0.3, 0.4) is 0 Å². The number of benzene rings is 1. The molecular formula is C11H14N2O2. The first-order valence-corrected chi connectivity index (χ1v) is 5.00. The molecule has 0 bridgehead atoms.